The summed E-state index contributed by atoms with van der Waals surface area (Å²) in [6.45, 7) is 0.782. The Labute approximate surface area is 191 Å². The molecule has 2 heterocycles. The number of thiazole rings is 1. The van der Waals surface area contributed by atoms with Crippen LogP contribution in [0.3, 0.4) is 0 Å². The van der Waals surface area contributed by atoms with E-state index in [4.69, 9.17) is 0 Å². The van der Waals surface area contributed by atoms with E-state index in [0.717, 1.165) is 28.6 Å². The summed E-state index contributed by atoms with van der Waals surface area (Å²) >= 11 is 1.33. The number of rotatable bonds is 5. The second-order valence-electron chi connectivity index (χ2n) is 7.49. The summed E-state index contributed by atoms with van der Waals surface area (Å²) in [4.78, 5) is 5.95. The standard InChI is InChI=1S/C21H18F5N3O2S2/c22-16-8-14(9-17(23)12-16)10-18-13-32-20(27-18)28-4-6-29(7-5-28)33(30,31)19-3-1-2-15(11-19)21(24,25)26/h1-3,8-9,11-13H,4-7,10H2. The highest BCUT2D eigenvalue weighted by Gasteiger charge is 2.34. The molecule has 2 aromatic carbocycles. The van der Waals surface area contributed by atoms with Crippen LogP contribution in [0.25, 0.3) is 0 Å². The van der Waals surface area contributed by atoms with Gasteiger partial charge in [0.25, 0.3) is 0 Å². The molecule has 1 aromatic heterocycles. The Morgan fingerprint density at radius 2 is 1.64 bits per heavy atom. The summed E-state index contributed by atoms with van der Waals surface area (Å²) in [5, 5.41) is 2.40. The molecule has 4 rings (SSSR count). The summed E-state index contributed by atoms with van der Waals surface area (Å²) in [5.74, 6) is -1.34. The normalized spacial score (nSPS) is 15.7. The summed E-state index contributed by atoms with van der Waals surface area (Å²) in [5.41, 5.74) is 0.0519. The maximum Gasteiger partial charge on any atom is 0.416 e. The van der Waals surface area contributed by atoms with Gasteiger partial charge in [0.15, 0.2) is 5.13 Å². The number of sulfonamides is 1. The lowest BCUT2D eigenvalue weighted by Gasteiger charge is -2.33. The number of benzene rings is 2. The maximum absolute atomic E-state index is 13.4. The van der Waals surface area contributed by atoms with Gasteiger partial charge in [-0.2, -0.15) is 17.5 Å². The summed E-state index contributed by atoms with van der Waals surface area (Å²) in [6, 6.07) is 6.97. The Hall–Kier alpha value is -2.57. The third-order valence-electron chi connectivity index (χ3n) is 5.16. The molecule has 0 amide bonds. The maximum atomic E-state index is 13.4. The predicted octanol–water partition coefficient (Wildman–Crippen LogP) is 4.54. The molecule has 0 aliphatic carbocycles. The van der Waals surface area contributed by atoms with Crippen LogP contribution in [-0.2, 0) is 22.6 Å². The molecule has 0 bridgehead atoms. The smallest absolute Gasteiger partial charge is 0.345 e. The SMILES string of the molecule is O=S(=O)(c1cccc(C(F)(F)F)c1)N1CCN(c2nc(Cc3cc(F)cc(F)c3)cs2)CC1. The minimum absolute atomic E-state index is 0.0859. The van der Waals surface area contributed by atoms with E-state index < -0.39 is 38.3 Å². The molecular weight excluding hydrogens is 485 g/mol. The van der Waals surface area contributed by atoms with Crippen molar-refractivity contribution in [2.75, 3.05) is 31.1 Å². The van der Waals surface area contributed by atoms with Gasteiger partial charge >= 0.3 is 6.18 Å². The van der Waals surface area contributed by atoms with Crippen LogP contribution in [0.4, 0.5) is 27.1 Å². The van der Waals surface area contributed by atoms with Crippen molar-refractivity contribution in [1.82, 2.24) is 9.29 Å². The number of hydrogen-bond acceptors (Lipinski definition) is 5. The van der Waals surface area contributed by atoms with Gasteiger partial charge in [0.05, 0.1) is 16.2 Å². The van der Waals surface area contributed by atoms with Crippen molar-refractivity contribution in [2.45, 2.75) is 17.5 Å². The Bertz CT molecular complexity index is 1230. The van der Waals surface area contributed by atoms with Crippen molar-refractivity contribution in [3.63, 3.8) is 0 Å². The zero-order valence-corrected chi connectivity index (χ0v) is 18.7. The van der Waals surface area contributed by atoms with E-state index in [0.29, 0.717) is 35.5 Å². The fraction of sp³-hybridized carbons (Fsp3) is 0.286. The van der Waals surface area contributed by atoms with Crippen LogP contribution in [0.2, 0.25) is 0 Å². The third-order valence-corrected chi connectivity index (χ3v) is 8.00. The van der Waals surface area contributed by atoms with E-state index in [-0.39, 0.29) is 19.5 Å². The van der Waals surface area contributed by atoms with Crippen LogP contribution in [0.15, 0.2) is 52.7 Å². The van der Waals surface area contributed by atoms with Crippen molar-refractivity contribution >= 4 is 26.5 Å². The second-order valence-corrected chi connectivity index (χ2v) is 10.3. The molecule has 176 valence electrons. The molecule has 1 saturated heterocycles. The Balaban J connectivity index is 1.42. The zero-order valence-electron chi connectivity index (χ0n) is 17.0. The van der Waals surface area contributed by atoms with Crippen molar-refractivity contribution in [2.24, 2.45) is 0 Å². The van der Waals surface area contributed by atoms with Gasteiger partial charge in [0.2, 0.25) is 10.0 Å². The first kappa shape index (κ1) is 23.6. The Kier molecular flexibility index (Phi) is 6.43. The van der Waals surface area contributed by atoms with E-state index in [1.807, 2.05) is 4.90 Å². The highest BCUT2D eigenvalue weighted by Crippen LogP contribution is 2.31. The van der Waals surface area contributed by atoms with Gasteiger partial charge in [-0.25, -0.2) is 22.2 Å². The number of halogens is 5. The summed E-state index contributed by atoms with van der Waals surface area (Å²) < 4.78 is 92.5. The van der Waals surface area contributed by atoms with E-state index in [9.17, 15) is 30.4 Å². The van der Waals surface area contributed by atoms with Crippen molar-refractivity contribution in [3.05, 3.63) is 76.3 Å². The number of aromatic nitrogens is 1. The molecule has 0 unspecified atom stereocenters. The quantitative estimate of drug-likeness (QED) is 0.480. The monoisotopic (exact) mass is 503 g/mol. The molecule has 0 spiro atoms. The highest BCUT2D eigenvalue weighted by atomic mass is 32.2. The molecule has 1 aliphatic heterocycles. The molecule has 0 saturated carbocycles. The number of piperazine rings is 1. The molecular formula is C21H18F5N3O2S2. The van der Waals surface area contributed by atoms with Gasteiger partial charge in [0, 0.05) is 44.0 Å². The van der Waals surface area contributed by atoms with E-state index in [1.165, 1.54) is 23.5 Å². The van der Waals surface area contributed by atoms with Gasteiger partial charge in [-0.1, -0.05) is 6.07 Å². The Morgan fingerprint density at radius 1 is 0.970 bits per heavy atom. The minimum Gasteiger partial charge on any atom is -0.345 e. The molecule has 1 aliphatic rings. The molecule has 5 nitrogen and oxygen atoms in total. The van der Waals surface area contributed by atoms with Crippen molar-refractivity contribution in [1.29, 1.82) is 0 Å². The van der Waals surface area contributed by atoms with Crippen LogP contribution < -0.4 is 4.90 Å². The highest BCUT2D eigenvalue weighted by molar-refractivity contribution is 7.89. The molecule has 3 aromatic rings. The van der Waals surface area contributed by atoms with Crippen molar-refractivity contribution in [3.8, 4) is 0 Å². The van der Waals surface area contributed by atoms with Gasteiger partial charge < -0.3 is 4.90 Å². The van der Waals surface area contributed by atoms with Gasteiger partial charge in [-0.3, -0.25) is 0 Å². The lowest BCUT2D eigenvalue weighted by molar-refractivity contribution is -0.137. The van der Waals surface area contributed by atoms with Crippen LogP contribution >= 0.6 is 11.3 Å². The van der Waals surface area contributed by atoms with Crippen molar-refractivity contribution < 1.29 is 30.4 Å². The molecule has 0 N–H and O–H groups in total. The van der Waals surface area contributed by atoms with Gasteiger partial charge in [-0.05, 0) is 35.9 Å². The number of alkyl halides is 3. The first-order valence-corrected chi connectivity index (χ1v) is 12.2. The first-order valence-electron chi connectivity index (χ1n) is 9.84. The molecule has 12 heteroatoms. The van der Waals surface area contributed by atoms with Crippen LogP contribution in [0, 0.1) is 11.6 Å². The zero-order chi connectivity index (χ0) is 23.8. The Morgan fingerprint density at radius 3 is 2.27 bits per heavy atom. The van der Waals surface area contributed by atoms with E-state index in [1.54, 1.807) is 5.38 Å². The number of hydrogen-bond donors (Lipinski definition) is 0. The largest absolute Gasteiger partial charge is 0.416 e. The third kappa shape index (κ3) is 5.33. The lowest BCUT2D eigenvalue weighted by Crippen LogP contribution is -2.48. The van der Waals surface area contributed by atoms with Crippen LogP contribution in [0.5, 0.6) is 0 Å². The van der Waals surface area contributed by atoms with E-state index >= 15 is 0 Å². The fourth-order valence-corrected chi connectivity index (χ4v) is 5.89. The number of nitrogens with zero attached hydrogens (tertiary/aromatic N) is 3. The predicted molar refractivity (Wildman–Crippen MR) is 114 cm³/mol. The van der Waals surface area contributed by atoms with Gasteiger partial charge in [-0.15, -0.1) is 11.3 Å². The first-order chi connectivity index (χ1) is 15.5. The lowest BCUT2D eigenvalue weighted by atomic mass is 10.1. The fourth-order valence-electron chi connectivity index (χ4n) is 3.55. The summed E-state index contributed by atoms with van der Waals surface area (Å²) in [7, 11) is -4.08. The van der Waals surface area contributed by atoms with Gasteiger partial charge in [0.1, 0.15) is 11.6 Å². The molecule has 0 atom stereocenters. The topological polar surface area (TPSA) is 53.5 Å². The molecule has 0 radical (unpaired) electrons. The van der Waals surface area contributed by atoms with Crippen LogP contribution in [-0.4, -0.2) is 43.9 Å². The molecule has 1 fully saturated rings. The summed E-state index contributed by atoms with van der Waals surface area (Å²) in [6.07, 6.45) is -4.39. The van der Waals surface area contributed by atoms with E-state index in [2.05, 4.69) is 4.98 Å². The second kappa shape index (κ2) is 8.99. The average molecular weight is 504 g/mol. The minimum atomic E-state index is -4.63. The van der Waals surface area contributed by atoms with Crippen LogP contribution in [0.1, 0.15) is 16.8 Å². The average Bonchev–Trinajstić information content (AvgIpc) is 3.21. The molecule has 33 heavy (non-hydrogen) atoms. The number of anilines is 1.